The molecule has 1 N–H and O–H groups in total. The molecule has 0 aromatic carbocycles. The van der Waals surface area contributed by atoms with Crippen LogP contribution < -0.4 is 5.32 Å². The maximum Gasteiger partial charge on any atom is 0.221 e. The molecule has 1 aromatic heterocycles. The number of carbonyl (C=O) groups excluding carboxylic acids is 1. The van der Waals surface area contributed by atoms with Crippen LogP contribution in [0.4, 0.5) is 0 Å². The van der Waals surface area contributed by atoms with Crippen molar-refractivity contribution in [1.29, 1.82) is 0 Å². The van der Waals surface area contributed by atoms with E-state index >= 15 is 0 Å². The van der Waals surface area contributed by atoms with Crippen molar-refractivity contribution in [3.63, 3.8) is 0 Å². The highest BCUT2D eigenvalue weighted by molar-refractivity contribution is 5.82. The van der Waals surface area contributed by atoms with E-state index in [1.54, 1.807) is 0 Å². The van der Waals surface area contributed by atoms with Gasteiger partial charge in [-0.1, -0.05) is 0 Å². The molecule has 82 valence electrons. The summed E-state index contributed by atoms with van der Waals surface area (Å²) in [7, 11) is 0. The first-order valence-corrected chi connectivity index (χ1v) is 5.23. The van der Waals surface area contributed by atoms with Crippen molar-refractivity contribution >= 4 is 5.91 Å². The number of aryl methyl sites for hydroxylation is 1. The van der Waals surface area contributed by atoms with E-state index in [9.17, 15) is 4.79 Å². The summed E-state index contributed by atoms with van der Waals surface area (Å²) in [5.41, 5.74) is -0.507. The molecular weight excluding hydrogens is 190 g/mol. The first kappa shape index (κ1) is 10.3. The number of amides is 1. The Kier molecular flexibility index (Phi) is 1.97. The smallest absolute Gasteiger partial charge is 0.221 e. The maximum atomic E-state index is 11.5. The van der Waals surface area contributed by atoms with E-state index in [0.29, 0.717) is 6.42 Å². The summed E-state index contributed by atoms with van der Waals surface area (Å²) in [4.78, 5) is 11.5. The van der Waals surface area contributed by atoms with Gasteiger partial charge in [0.25, 0.3) is 0 Å². The van der Waals surface area contributed by atoms with E-state index in [4.69, 9.17) is 4.42 Å². The highest BCUT2D eigenvalue weighted by Crippen LogP contribution is 2.42. The fraction of sp³-hybridized carbons (Fsp3) is 0.583. The quantitative estimate of drug-likeness (QED) is 0.766. The van der Waals surface area contributed by atoms with Gasteiger partial charge in [0.15, 0.2) is 0 Å². The number of hydrogen-bond acceptors (Lipinski definition) is 2. The van der Waals surface area contributed by atoms with Gasteiger partial charge in [-0.2, -0.15) is 0 Å². The van der Waals surface area contributed by atoms with Gasteiger partial charge in [-0.3, -0.25) is 4.79 Å². The molecule has 0 aliphatic carbocycles. The maximum absolute atomic E-state index is 11.5. The molecule has 0 bridgehead atoms. The second kappa shape index (κ2) is 2.87. The minimum Gasteiger partial charge on any atom is -0.466 e. The Morgan fingerprint density at radius 3 is 2.40 bits per heavy atom. The van der Waals surface area contributed by atoms with E-state index in [1.807, 2.05) is 32.9 Å². The standard InChI is InChI=1S/C12H17NO2/c1-8-5-6-9(15-8)12(4)7-10(14)13-11(12,2)3/h5-6H,7H2,1-4H3,(H,13,14). The molecule has 1 aliphatic rings. The van der Waals surface area contributed by atoms with Crippen LogP contribution in [0.15, 0.2) is 16.5 Å². The van der Waals surface area contributed by atoms with Gasteiger partial charge < -0.3 is 9.73 Å². The van der Waals surface area contributed by atoms with Crippen molar-refractivity contribution in [2.24, 2.45) is 0 Å². The molecule has 1 atom stereocenters. The molecule has 0 radical (unpaired) electrons. The van der Waals surface area contributed by atoms with Crippen LogP contribution >= 0.6 is 0 Å². The van der Waals surface area contributed by atoms with Crippen LogP contribution in [0.1, 0.15) is 38.7 Å². The molecular formula is C12H17NO2. The highest BCUT2D eigenvalue weighted by atomic mass is 16.3. The van der Waals surface area contributed by atoms with Crippen LogP contribution in [0.2, 0.25) is 0 Å². The Balaban J connectivity index is 2.46. The minimum atomic E-state index is -0.256. The van der Waals surface area contributed by atoms with Crippen molar-refractivity contribution in [3.8, 4) is 0 Å². The van der Waals surface area contributed by atoms with E-state index in [0.717, 1.165) is 11.5 Å². The van der Waals surface area contributed by atoms with Crippen molar-refractivity contribution in [2.45, 2.75) is 45.1 Å². The molecule has 15 heavy (non-hydrogen) atoms. The molecule has 3 heteroatoms. The fourth-order valence-electron chi connectivity index (χ4n) is 2.20. The Morgan fingerprint density at radius 2 is 2.00 bits per heavy atom. The largest absolute Gasteiger partial charge is 0.466 e. The average Bonchev–Trinajstić information content (AvgIpc) is 2.56. The molecule has 2 rings (SSSR count). The zero-order chi connectivity index (χ0) is 11.3. The first-order valence-electron chi connectivity index (χ1n) is 5.23. The average molecular weight is 207 g/mol. The molecule has 2 heterocycles. The third kappa shape index (κ3) is 1.37. The summed E-state index contributed by atoms with van der Waals surface area (Å²) in [6.45, 7) is 8.07. The van der Waals surface area contributed by atoms with Crippen LogP contribution in [0.25, 0.3) is 0 Å². The third-order valence-corrected chi connectivity index (χ3v) is 3.63. The van der Waals surface area contributed by atoms with Gasteiger partial charge in [-0.05, 0) is 39.8 Å². The SMILES string of the molecule is Cc1ccc(C2(C)CC(=O)NC2(C)C)o1. The van der Waals surface area contributed by atoms with Gasteiger partial charge in [0.1, 0.15) is 11.5 Å². The molecule has 0 saturated carbocycles. The predicted molar refractivity (Wildman–Crippen MR) is 57.6 cm³/mol. The van der Waals surface area contributed by atoms with Gasteiger partial charge in [0.2, 0.25) is 5.91 Å². The number of carbonyl (C=O) groups is 1. The van der Waals surface area contributed by atoms with E-state index in [2.05, 4.69) is 12.2 Å². The lowest BCUT2D eigenvalue weighted by Crippen LogP contribution is -2.47. The van der Waals surface area contributed by atoms with E-state index < -0.39 is 0 Å². The number of furan rings is 1. The fourth-order valence-corrected chi connectivity index (χ4v) is 2.20. The molecule has 1 aliphatic heterocycles. The Bertz CT molecular complexity index is 406. The van der Waals surface area contributed by atoms with Gasteiger partial charge in [0.05, 0.1) is 5.41 Å². The van der Waals surface area contributed by atoms with Gasteiger partial charge in [-0.25, -0.2) is 0 Å². The van der Waals surface area contributed by atoms with Crippen molar-refractivity contribution in [2.75, 3.05) is 0 Å². The summed E-state index contributed by atoms with van der Waals surface area (Å²) in [6, 6.07) is 3.91. The van der Waals surface area contributed by atoms with Crippen molar-refractivity contribution in [1.82, 2.24) is 5.32 Å². The Labute approximate surface area is 89.9 Å². The molecule has 1 unspecified atom stereocenters. The second-order valence-electron chi connectivity index (χ2n) is 5.09. The lowest BCUT2D eigenvalue weighted by atomic mass is 9.72. The summed E-state index contributed by atoms with van der Waals surface area (Å²) >= 11 is 0. The van der Waals surface area contributed by atoms with E-state index in [-0.39, 0.29) is 16.9 Å². The molecule has 1 saturated heterocycles. The molecule has 1 fully saturated rings. The predicted octanol–water partition coefficient (Wildman–Crippen LogP) is 2.14. The molecule has 3 nitrogen and oxygen atoms in total. The van der Waals surface area contributed by atoms with Crippen LogP contribution in [0, 0.1) is 6.92 Å². The molecule has 1 amide bonds. The zero-order valence-electron chi connectivity index (χ0n) is 9.68. The zero-order valence-corrected chi connectivity index (χ0v) is 9.68. The molecule has 0 spiro atoms. The number of rotatable bonds is 1. The number of nitrogens with one attached hydrogen (secondary N) is 1. The summed E-state index contributed by atoms with van der Waals surface area (Å²) in [6.07, 6.45) is 0.493. The van der Waals surface area contributed by atoms with Gasteiger partial charge in [-0.15, -0.1) is 0 Å². The summed E-state index contributed by atoms with van der Waals surface area (Å²) in [5, 5.41) is 2.99. The lowest BCUT2D eigenvalue weighted by Gasteiger charge is -2.35. The van der Waals surface area contributed by atoms with E-state index in [1.165, 1.54) is 0 Å². The lowest BCUT2D eigenvalue weighted by molar-refractivity contribution is -0.119. The first-order chi connectivity index (χ1) is 6.85. The highest BCUT2D eigenvalue weighted by Gasteiger charge is 2.52. The second-order valence-corrected chi connectivity index (χ2v) is 5.09. The van der Waals surface area contributed by atoms with Crippen LogP contribution in [-0.2, 0) is 10.2 Å². The summed E-state index contributed by atoms with van der Waals surface area (Å²) < 4.78 is 5.66. The molecule has 1 aromatic rings. The minimum absolute atomic E-state index is 0.0940. The van der Waals surface area contributed by atoms with Gasteiger partial charge >= 0.3 is 0 Å². The monoisotopic (exact) mass is 207 g/mol. The van der Waals surface area contributed by atoms with Crippen molar-refractivity contribution in [3.05, 3.63) is 23.7 Å². The van der Waals surface area contributed by atoms with Crippen LogP contribution in [0.3, 0.4) is 0 Å². The van der Waals surface area contributed by atoms with Crippen LogP contribution in [0.5, 0.6) is 0 Å². The van der Waals surface area contributed by atoms with Gasteiger partial charge in [0, 0.05) is 12.0 Å². The van der Waals surface area contributed by atoms with Crippen molar-refractivity contribution < 1.29 is 9.21 Å². The Morgan fingerprint density at radius 1 is 1.33 bits per heavy atom. The summed E-state index contributed by atoms with van der Waals surface area (Å²) in [5.74, 6) is 1.88. The third-order valence-electron chi connectivity index (χ3n) is 3.63. The van der Waals surface area contributed by atoms with Crippen LogP contribution in [-0.4, -0.2) is 11.4 Å². The topological polar surface area (TPSA) is 42.2 Å². The Hall–Kier alpha value is -1.25. The number of hydrogen-bond donors (Lipinski definition) is 1. The normalized spacial score (nSPS) is 29.2.